The van der Waals surface area contributed by atoms with Gasteiger partial charge in [0, 0.05) is 19.1 Å². The van der Waals surface area contributed by atoms with E-state index < -0.39 is 24.3 Å². The number of fused-ring (bicyclic) bond motifs is 2. The average Bonchev–Trinajstić information content (AvgIpc) is 3.75. The summed E-state index contributed by atoms with van der Waals surface area (Å²) in [6, 6.07) is 14.9. The normalized spacial score (nSPS) is 25.2. The number of ether oxygens (including phenoxy) is 1. The topological polar surface area (TPSA) is 177 Å². The Balaban J connectivity index is 0.927. The van der Waals surface area contributed by atoms with Gasteiger partial charge in [0.05, 0.1) is 43.0 Å². The largest absolute Gasteiger partial charge is 0.465 e. The number of methoxy groups -OCH3 is 1. The number of aromatic nitrogens is 4. The summed E-state index contributed by atoms with van der Waals surface area (Å²) in [5, 5.41) is 12.0. The Morgan fingerprint density at radius 2 is 1.21 bits per heavy atom. The molecule has 4 N–H and O–H groups in total. The summed E-state index contributed by atoms with van der Waals surface area (Å²) in [6.45, 7) is 3.31. The van der Waals surface area contributed by atoms with Crippen LogP contribution in [0.15, 0.2) is 60.9 Å². The number of rotatable bonds is 9. The second-order valence-corrected chi connectivity index (χ2v) is 14.6. The van der Waals surface area contributed by atoms with E-state index >= 15 is 0 Å². The molecule has 14 heteroatoms. The number of carbonyl (C=O) groups is 4. The van der Waals surface area contributed by atoms with Crippen LogP contribution < -0.4 is 5.32 Å². The van der Waals surface area contributed by atoms with Gasteiger partial charge in [0.1, 0.15) is 23.7 Å². The number of nitrogens with zero attached hydrogens (tertiary/aromatic N) is 5. The lowest BCUT2D eigenvalue weighted by atomic mass is 10.0. The van der Waals surface area contributed by atoms with Gasteiger partial charge in [0.15, 0.2) is 0 Å². The first kappa shape index (κ1) is 33.5. The Bertz CT molecular complexity index is 2020. The number of hydrogen-bond donors (Lipinski definition) is 4. The van der Waals surface area contributed by atoms with Gasteiger partial charge in [-0.25, -0.2) is 19.6 Å². The number of benzene rings is 2. The number of carbonyl (C=O) groups excluding carboxylic acids is 3. The summed E-state index contributed by atoms with van der Waals surface area (Å²) in [6.07, 6.45) is 5.42. The van der Waals surface area contributed by atoms with Crippen LogP contribution in [0.1, 0.15) is 63.3 Å². The fourth-order valence-electron chi connectivity index (χ4n) is 8.09. The van der Waals surface area contributed by atoms with Gasteiger partial charge in [-0.3, -0.25) is 14.5 Å². The summed E-state index contributed by atoms with van der Waals surface area (Å²) >= 11 is 0. The van der Waals surface area contributed by atoms with E-state index in [-0.39, 0.29) is 36.0 Å². The Kier molecular flexibility index (Phi) is 8.26. The fraction of sp³-hybridized carbons (Fsp3) is 0.421. The number of H-pyrrole nitrogens is 2. The number of amides is 4. The standard InChI is InChI=1S/C38H42N8O6/c1-19(41-37(49)52-4)35(47)45-29-13-25(29)15-31(45)33-39-17-27(42-33)23-9-5-21(6-10-23)22-7-11-24(12-8-22)28-18-40-34(43-28)32-16-26-14-30(26)46(32)36(48)20(2)44(3)38(50)51/h5-12,17-20,25-26,29-32H,13-16H2,1-4H3,(H,39,42)(H,40,43)(H,41,49)(H,50,51)/t19-,20-,25+,26+,29+,30+,31-,32-/m0/s1. The monoisotopic (exact) mass is 706 g/mol. The molecule has 8 rings (SSSR count). The van der Waals surface area contributed by atoms with Crippen LogP contribution in [-0.2, 0) is 14.3 Å². The predicted molar refractivity (Wildman–Crippen MR) is 189 cm³/mol. The first-order valence-corrected chi connectivity index (χ1v) is 17.8. The number of hydrogen-bond acceptors (Lipinski definition) is 7. The van der Waals surface area contributed by atoms with E-state index in [4.69, 9.17) is 0 Å². The summed E-state index contributed by atoms with van der Waals surface area (Å²) in [5.41, 5.74) is 5.77. The molecule has 52 heavy (non-hydrogen) atoms. The zero-order valence-corrected chi connectivity index (χ0v) is 29.4. The van der Waals surface area contributed by atoms with Gasteiger partial charge in [0.25, 0.3) is 0 Å². The van der Waals surface area contributed by atoms with Crippen molar-refractivity contribution < 1.29 is 29.0 Å². The molecule has 2 aromatic heterocycles. The van der Waals surface area contributed by atoms with Crippen LogP contribution in [-0.4, -0.2) is 102 Å². The maximum Gasteiger partial charge on any atom is 0.407 e. The van der Waals surface area contributed by atoms with E-state index in [0.29, 0.717) is 11.8 Å². The fourth-order valence-corrected chi connectivity index (χ4v) is 8.09. The van der Waals surface area contributed by atoms with Crippen molar-refractivity contribution in [3.8, 4) is 33.6 Å². The van der Waals surface area contributed by atoms with Crippen LogP contribution in [0, 0.1) is 11.8 Å². The van der Waals surface area contributed by atoms with Crippen LogP contribution >= 0.6 is 0 Å². The molecule has 14 nitrogen and oxygen atoms in total. The van der Waals surface area contributed by atoms with E-state index in [9.17, 15) is 24.3 Å². The summed E-state index contributed by atoms with van der Waals surface area (Å²) in [4.78, 5) is 70.9. The van der Waals surface area contributed by atoms with Gasteiger partial charge >= 0.3 is 12.2 Å². The first-order valence-electron chi connectivity index (χ1n) is 17.8. The third-order valence-corrected chi connectivity index (χ3v) is 11.4. The third kappa shape index (κ3) is 5.95. The van der Waals surface area contributed by atoms with Crippen molar-refractivity contribution in [2.45, 2.75) is 75.8 Å². The second-order valence-electron chi connectivity index (χ2n) is 14.6. The third-order valence-electron chi connectivity index (χ3n) is 11.4. The summed E-state index contributed by atoms with van der Waals surface area (Å²) in [7, 11) is 2.70. The molecule has 2 aliphatic heterocycles. The Hall–Kier alpha value is -5.66. The minimum absolute atomic E-state index is 0.136. The number of carboxylic acid groups (broad SMARTS) is 1. The molecule has 2 aliphatic carbocycles. The van der Waals surface area contributed by atoms with Crippen LogP contribution in [0.2, 0.25) is 0 Å². The molecule has 4 amide bonds. The van der Waals surface area contributed by atoms with Crippen LogP contribution in [0.3, 0.4) is 0 Å². The zero-order chi connectivity index (χ0) is 36.4. The van der Waals surface area contributed by atoms with E-state index in [1.165, 1.54) is 14.2 Å². The molecular formula is C38H42N8O6. The molecule has 4 aromatic rings. The Labute approximate surface area is 300 Å². The number of alkyl carbamates (subject to hydrolysis) is 1. The van der Waals surface area contributed by atoms with Crippen molar-refractivity contribution in [3.63, 3.8) is 0 Å². The lowest BCUT2D eigenvalue weighted by Crippen LogP contribution is -2.48. The molecule has 4 aliphatic rings. The molecule has 0 bridgehead atoms. The van der Waals surface area contributed by atoms with Crippen molar-refractivity contribution in [2.75, 3.05) is 14.2 Å². The molecular weight excluding hydrogens is 664 g/mol. The van der Waals surface area contributed by atoms with Crippen molar-refractivity contribution in [1.82, 2.24) is 40.0 Å². The van der Waals surface area contributed by atoms with E-state index in [0.717, 1.165) is 75.9 Å². The zero-order valence-electron chi connectivity index (χ0n) is 29.4. The second kappa shape index (κ2) is 12.8. The number of imidazole rings is 2. The quantitative estimate of drug-likeness (QED) is 0.184. The number of piperidine rings is 2. The van der Waals surface area contributed by atoms with Crippen molar-refractivity contribution in [3.05, 3.63) is 72.6 Å². The summed E-state index contributed by atoms with van der Waals surface area (Å²) in [5.74, 6) is 2.02. The lowest BCUT2D eigenvalue weighted by Gasteiger charge is -2.31. The smallest absolute Gasteiger partial charge is 0.407 e. The summed E-state index contributed by atoms with van der Waals surface area (Å²) < 4.78 is 4.67. The number of nitrogens with one attached hydrogen (secondary N) is 3. The lowest BCUT2D eigenvalue weighted by molar-refractivity contribution is -0.137. The van der Waals surface area contributed by atoms with Gasteiger partial charge in [-0.1, -0.05) is 48.5 Å². The van der Waals surface area contributed by atoms with Gasteiger partial charge in [-0.2, -0.15) is 0 Å². The molecule has 4 fully saturated rings. The molecule has 0 unspecified atom stereocenters. The van der Waals surface area contributed by atoms with Crippen molar-refractivity contribution in [2.24, 2.45) is 11.8 Å². The number of likely N-dealkylation sites (N-methyl/N-ethyl adjacent to an activating group) is 1. The maximum atomic E-state index is 13.4. The van der Waals surface area contributed by atoms with Crippen molar-refractivity contribution >= 4 is 24.0 Å². The molecule has 270 valence electrons. The highest BCUT2D eigenvalue weighted by Crippen LogP contribution is 2.54. The molecule has 2 saturated carbocycles. The van der Waals surface area contributed by atoms with Gasteiger partial charge in [-0.15, -0.1) is 0 Å². The Morgan fingerprint density at radius 1 is 0.769 bits per heavy atom. The minimum atomic E-state index is -1.13. The molecule has 8 atom stereocenters. The highest BCUT2D eigenvalue weighted by Gasteiger charge is 2.57. The SMILES string of the molecule is COC(=O)N[C@@H](C)C(=O)N1[C@@H]2C[C@@H]2C[C@H]1c1ncc(-c2ccc(-c3ccc(-c4cnc([C@@H]5C[C@H]6C[C@H]6N5C(=O)[C@H](C)N(C)C(=O)O)[nH]4)cc3)cc2)[nH]1. The predicted octanol–water partition coefficient (Wildman–Crippen LogP) is 5.20. The highest BCUT2D eigenvalue weighted by atomic mass is 16.5. The van der Waals surface area contributed by atoms with Crippen molar-refractivity contribution in [1.29, 1.82) is 0 Å². The molecule has 2 saturated heterocycles. The van der Waals surface area contributed by atoms with E-state index in [1.807, 2.05) is 34.1 Å². The molecule has 0 spiro atoms. The Morgan fingerprint density at radius 3 is 1.65 bits per heavy atom. The minimum Gasteiger partial charge on any atom is -0.465 e. The molecule has 2 aromatic carbocycles. The van der Waals surface area contributed by atoms with Crippen LogP contribution in [0.5, 0.6) is 0 Å². The van der Waals surface area contributed by atoms with E-state index in [1.54, 1.807) is 26.2 Å². The van der Waals surface area contributed by atoms with Crippen LogP contribution in [0.25, 0.3) is 33.6 Å². The van der Waals surface area contributed by atoms with Gasteiger partial charge < -0.3 is 34.9 Å². The molecule has 4 heterocycles. The highest BCUT2D eigenvalue weighted by molar-refractivity contribution is 5.87. The number of likely N-dealkylation sites (tertiary alicyclic amines) is 2. The maximum absolute atomic E-state index is 13.4. The average molecular weight is 707 g/mol. The number of aromatic amines is 2. The van der Waals surface area contributed by atoms with E-state index in [2.05, 4.69) is 54.3 Å². The molecule has 0 radical (unpaired) electrons. The first-order chi connectivity index (χ1) is 25.0. The van der Waals surface area contributed by atoms with Crippen LogP contribution in [0.4, 0.5) is 9.59 Å². The van der Waals surface area contributed by atoms with Gasteiger partial charge in [-0.05, 0) is 73.6 Å². The van der Waals surface area contributed by atoms with Gasteiger partial charge in [0.2, 0.25) is 11.8 Å².